The Hall–Kier alpha value is -2.49. The van der Waals surface area contributed by atoms with Gasteiger partial charge in [0.05, 0.1) is 20.3 Å². The molecule has 26 heavy (non-hydrogen) atoms. The molecule has 1 amide bonds. The van der Waals surface area contributed by atoms with Gasteiger partial charge in [0.1, 0.15) is 0 Å². The zero-order valence-electron chi connectivity index (χ0n) is 16.1. The molecule has 1 N–H and O–H groups in total. The molecule has 4 nitrogen and oxygen atoms in total. The van der Waals surface area contributed by atoms with Crippen LogP contribution in [0.4, 0.5) is 0 Å². The van der Waals surface area contributed by atoms with Crippen LogP contribution in [-0.4, -0.2) is 20.1 Å². The highest BCUT2D eigenvalue weighted by Crippen LogP contribution is 2.28. The minimum atomic E-state index is 0.0501. The number of amides is 1. The molecule has 4 heteroatoms. The fourth-order valence-electron chi connectivity index (χ4n) is 3.00. The highest BCUT2D eigenvalue weighted by molar-refractivity contribution is 5.76. The molecule has 0 heterocycles. The Kier molecular flexibility index (Phi) is 7.52. The van der Waals surface area contributed by atoms with E-state index in [0.29, 0.717) is 30.3 Å². The van der Waals surface area contributed by atoms with Crippen LogP contribution in [0.1, 0.15) is 43.9 Å². The van der Waals surface area contributed by atoms with E-state index in [9.17, 15) is 4.79 Å². The monoisotopic (exact) mass is 355 g/mol. The summed E-state index contributed by atoms with van der Waals surface area (Å²) >= 11 is 0. The van der Waals surface area contributed by atoms with Crippen molar-refractivity contribution < 1.29 is 14.3 Å². The van der Waals surface area contributed by atoms with Gasteiger partial charge < -0.3 is 14.8 Å². The van der Waals surface area contributed by atoms with Crippen molar-refractivity contribution in [1.29, 1.82) is 0 Å². The Balaban J connectivity index is 1.98. The summed E-state index contributed by atoms with van der Waals surface area (Å²) in [7, 11) is 3.23. The lowest BCUT2D eigenvalue weighted by atomic mass is 9.96. The first-order chi connectivity index (χ1) is 12.5. The van der Waals surface area contributed by atoms with Gasteiger partial charge in [-0.05, 0) is 42.0 Å². The maximum Gasteiger partial charge on any atom is 0.220 e. The minimum absolute atomic E-state index is 0.0501. The van der Waals surface area contributed by atoms with Crippen molar-refractivity contribution in [2.75, 3.05) is 14.2 Å². The van der Waals surface area contributed by atoms with Crippen molar-refractivity contribution >= 4 is 5.91 Å². The van der Waals surface area contributed by atoms with E-state index in [2.05, 4.69) is 31.3 Å². The first-order valence-electron chi connectivity index (χ1n) is 9.08. The molecule has 0 aromatic heterocycles. The average Bonchev–Trinajstić information content (AvgIpc) is 2.66. The molecule has 2 aromatic rings. The van der Waals surface area contributed by atoms with Crippen molar-refractivity contribution in [2.45, 2.75) is 39.2 Å². The van der Waals surface area contributed by atoms with Crippen LogP contribution < -0.4 is 14.8 Å². The lowest BCUT2D eigenvalue weighted by Crippen LogP contribution is -2.29. The number of methoxy groups -OCH3 is 2. The molecule has 1 unspecified atom stereocenters. The van der Waals surface area contributed by atoms with Crippen LogP contribution in [0.5, 0.6) is 11.5 Å². The smallest absolute Gasteiger partial charge is 0.220 e. The molecular formula is C22H29NO3. The molecule has 0 aliphatic carbocycles. The van der Waals surface area contributed by atoms with E-state index in [0.717, 1.165) is 17.5 Å². The van der Waals surface area contributed by atoms with E-state index in [1.54, 1.807) is 14.2 Å². The van der Waals surface area contributed by atoms with E-state index >= 15 is 0 Å². The second kappa shape index (κ2) is 9.85. The molecule has 2 rings (SSSR count). The predicted octanol–water partition coefficient (Wildman–Crippen LogP) is 4.54. The van der Waals surface area contributed by atoms with Gasteiger partial charge in [-0.1, -0.05) is 50.2 Å². The Bertz CT molecular complexity index is 698. The number of carbonyl (C=O) groups excluding carboxylic acids is 1. The third-order valence-corrected chi connectivity index (χ3v) is 4.33. The Morgan fingerprint density at radius 2 is 1.69 bits per heavy atom. The summed E-state index contributed by atoms with van der Waals surface area (Å²) in [5.41, 5.74) is 2.21. The van der Waals surface area contributed by atoms with Crippen LogP contribution in [0.2, 0.25) is 0 Å². The maximum absolute atomic E-state index is 12.5. The van der Waals surface area contributed by atoms with E-state index in [-0.39, 0.29) is 11.9 Å². The van der Waals surface area contributed by atoms with Crippen molar-refractivity contribution in [3.63, 3.8) is 0 Å². The Labute approximate surface area is 156 Å². The second-order valence-corrected chi connectivity index (χ2v) is 6.85. The summed E-state index contributed by atoms with van der Waals surface area (Å²) in [5.74, 6) is 1.95. The van der Waals surface area contributed by atoms with Gasteiger partial charge in [0, 0.05) is 6.42 Å². The average molecular weight is 355 g/mol. The van der Waals surface area contributed by atoms with Gasteiger partial charge in [-0.2, -0.15) is 0 Å². The predicted molar refractivity (Wildman–Crippen MR) is 105 cm³/mol. The van der Waals surface area contributed by atoms with Gasteiger partial charge >= 0.3 is 0 Å². The number of hydrogen-bond acceptors (Lipinski definition) is 3. The van der Waals surface area contributed by atoms with Gasteiger partial charge in [0.15, 0.2) is 11.5 Å². The summed E-state index contributed by atoms with van der Waals surface area (Å²) < 4.78 is 10.6. The molecule has 0 bridgehead atoms. The highest BCUT2D eigenvalue weighted by atomic mass is 16.5. The van der Waals surface area contributed by atoms with E-state index in [1.165, 1.54) is 0 Å². The first-order valence-corrected chi connectivity index (χ1v) is 9.08. The fraction of sp³-hybridized carbons (Fsp3) is 0.409. The normalized spacial score (nSPS) is 11.9. The molecule has 0 aliphatic rings. The lowest BCUT2D eigenvalue weighted by molar-refractivity contribution is -0.121. The SMILES string of the molecule is COc1ccc(CCC(=O)NC(CC(C)C)c2ccccc2)cc1OC. The number of benzene rings is 2. The summed E-state index contributed by atoms with van der Waals surface area (Å²) in [4.78, 5) is 12.5. The number of rotatable bonds is 9. The molecule has 0 saturated carbocycles. The molecule has 0 saturated heterocycles. The summed E-state index contributed by atoms with van der Waals surface area (Å²) in [5, 5.41) is 3.19. The van der Waals surface area contributed by atoms with Crippen LogP contribution in [0, 0.1) is 5.92 Å². The van der Waals surface area contributed by atoms with Crippen molar-refractivity contribution in [2.24, 2.45) is 5.92 Å². The quantitative estimate of drug-likeness (QED) is 0.718. The Morgan fingerprint density at radius 3 is 2.31 bits per heavy atom. The number of hydrogen-bond donors (Lipinski definition) is 1. The van der Waals surface area contributed by atoms with Crippen molar-refractivity contribution in [3.8, 4) is 11.5 Å². The summed E-state index contributed by atoms with van der Waals surface area (Å²) in [6.45, 7) is 4.34. The van der Waals surface area contributed by atoms with Crippen LogP contribution in [-0.2, 0) is 11.2 Å². The van der Waals surface area contributed by atoms with Crippen molar-refractivity contribution in [3.05, 3.63) is 59.7 Å². The molecule has 140 valence electrons. The largest absolute Gasteiger partial charge is 0.493 e. The van der Waals surface area contributed by atoms with Gasteiger partial charge in [-0.15, -0.1) is 0 Å². The van der Waals surface area contributed by atoms with Crippen molar-refractivity contribution in [1.82, 2.24) is 5.32 Å². The fourth-order valence-corrected chi connectivity index (χ4v) is 3.00. The van der Waals surface area contributed by atoms with Gasteiger partial charge in [-0.25, -0.2) is 0 Å². The van der Waals surface area contributed by atoms with E-state index < -0.39 is 0 Å². The highest BCUT2D eigenvalue weighted by Gasteiger charge is 2.16. The maximum atomic E-state index is 12.5. The molecule has 0 radical (unpaired) electrons. The van der Waals surface area contributed by atoms with Crippen LogP contribution in [0.3, 0.4) is 0 Å². The standard InChI is InChI=1S/C22H29NO3/c1-16(2)14-19(18-8-6-5-7-9-18)23-22(24)13-11-17-10-12-20(25-3)21(15-17)26-4/h5-10,12,15-16,19H,11,13-14H2,1-4H3,(H,23,24). The number of nitrogens with one attached hydrogen (secondary N) is 1. The number of ether oxygens (including phenoxy) is 2. The molecule has 0 fully saturated rings. The van der Waals surface area contributed by atoms with E-state index in [4.69, 9.17) is 9.47 Å². The molecule has 2 aromatic carbocycles. The van der Waals surface area contributed by atoms with Gasteiger partial charge in [-0.3, -0.25) is 4.79 Å². The number of carbonyl (C=O) groups is 1. The molecule has 0 aliphatic heterocycles. The van der Waals surface area contributed by atoms with Gasteiger partial charge in [0.25, 0.3) is 0 Å². The zero-order chi connectivity index (χ0) is 18.9. The van der Waals surface area contributed by atoms with Crippen LogP contribution in [0.15, 0.2) is 48.5 Å². The van der Waals surface area contributed by atoms with E-state index in [1.807, 2.05) is 36.4 Å². The second-order valence-electron chi connectivity index (χ2n) is 6.85. The minimum Gasteiger partial charge on any atom is -0.493 e. The van der Waals surface area contributed by atoms with Gasteiger partial charge in [0.2, 0.25) is 5.91 Å². The zero-order valence-corrected chi connectivity index (χ0v) is 16.1. The summed E-state index contributed by atoms with van der Waals surface area (Å²) in [6, 6.07) is 16.0. The number of aryl methyl sites for hydroxylation is 1. The van der Waals surface area contributed by atoms with Crippen LogP contribution in [0.25, 0.3) is 0 Å². The molecular weight excluding hydrogens is 326 g/mol. The lowest BCUT2D eigenvalue weighted by Gasteiger charge is -2.21. The molecule has 0 spiro atoms. The third-order valence-electron chi connectivity index (χ3n) is 4.33. The molecule has 1 atom stereocenters. The van der Waals surface area contributed by atoms with Crippen LogP contribution >= 0.6 is 0 Å². The first kappa shape index (κ1) is 19.8. The Morgan fingerprint density at radius 1 is 1.00 bits per heavy atom. The topological polar surface area (TPSA) is 47.6 Å². The summed E-state index contributed by atoms with van der Waals surface area (Å²) in [6.07, 6.45) is 2.03. The third kappa shape index (κ3) is 5.80.